The van der Waals surface area contributed by atoms with E-state index in [-0.39, 0.29) is 18.4 Å². The van der Waals surface area contributed by atoms with Crippen LogP contribution in [-0.4, -0.2) is 37.4 Å². The van der Waals surface area contributed by atoms with Crippen LogP contribution in [-0.2, 0) is 9.59 Å². The molecule has 0 heterocycles. The summed E-state index contributed by atoms with van der Waals surface area (Å²) in [4.78, 5) is 25.8. The van der Waals surface area contributed by atoms with Gasteiger partial charge in [0.25, 0.3) is 0 Å². The van der Waals surface area contributed by atoms with Gasteiger partial charge >= 0.3 is 0 Å². The Morgan fingerprint density at radius 2 is 1.83 bits per heavy atom. The summed E-state index contributed by atoms with van der Waals surface area (Å²) < 4.78 is 5.08. The average Bonchev–Trinajstić information content (AvgIpc) is 2.61. The normalized spacial score (nSPS) is 14.9. The van der Waals surface area contributed by atoms with Gasteiger partial charge in [0.1, 0.15) is 5.75 Å². The number of methoxy groups -OCH3 is 1. The van der Waals surface area contributed by atoms with Crippen LogP contribution in [0.25, 0.3) is 0 Å². The maximum Gasteiger partial charge on any atom is 0.243 e. The molecule has 132 valence electrons. The Morgan fingerprint density at radius 1 is 1.17 bits per heavy atom. The third kappa shape index (κ3) is 5.87. The fraction of sp³-hybridized carbons (Fsp3) is 0.579. The van der Waals surface area contributed by atoms with Crippen molar-refractivity contribution in [2.45, 2.75) is 44.9 Å². The first kappa shape index (κ1) is 18.3. The van der Waals surface area contributed by atoms with Crippen LogP contribution in [0, 0.1) is 5.92 Å². The summed E-state index contributed by atoms with van der Waals surface area (Å²) in [6.45, 7) is 0.0789. The molecular formula is C19H28N2O3. The summed E-state index contributed by atoms with van der Waals surface area (Å²) in [7, 11) is 3.29. The zero-order valence-corrected chi connectivity index (χ0v) is 14.7. The molecule has 0 spiro atoms. The number of rotatable bonds is 7. The lowest BCUT2D eigenvalue weighted by Crippen LogP contribution is -2.35. The SMILES string of the molecule is COc1ccc(NC(=O)CN(C)C(=O)CCC2CCCCC2)cc1. The van der Waals surface area contributed by atoms with Gasteiger partial charge in [-0.2, -0.15) is 0 Å². The molecule has 1 saturated carbocycles. The predicted octanol–water partition coefficient (Wildman–Crippen LogP) is 3.45. The number of nitrogens with one attached hydrogen (secondary N) is 1. The van der Waals surface area contributed by atoms with E-state index in [4.69, 9.17) is 4.74 Å². The summed E-state index contributed by atoms with van der Waals surface area (Å²) in [6.07, 6.45) is 7.89. The summed E-state index contributed by atoms with van der Waals surface area (Å²) in [5.41, 5.74) is 0.698. The van der Waals surface area contributed by atoms with Gasteiger partial charge in [0.15, 0.2) is 0 Å². The van der Waals surface area contributed by atoms with E-state index in [1.807, 2.05) is 0 Å². The average molecular weight is 332 g/mol. The van der Waals surface area contributed by atoms with E-state index in [0.717, 1.165) is 12.2 Å². The fourth-order valence-electron chi connectivity index (χ4n) is 3.17. The van der Waals surface area contributed by atoms with Crippen LogP contribution in [0.4, 0.5) is 5.69 Å². The van der Waals surface area contributed by atoms with Gasteiger partial charge in [-0.3, -0.25) is 9.59 Å². The smallest absolute Gasteiger partial charge is 0.243 e. The van der Waals surface area contributed by atoms with Crippen molar-refractivity contribution in [2.75, 3.05) is 26.0 Å². The number of carbonyl (C=O) groups is 2. The Bertz CT molecular complexity index is 536. The predicted molar refractivity (Wildman–Crippen MR) is 95.1 cm³/mol. The third-order valence-corrected chi connectivity index (χ3v) is 4.67. The maximum atomic E-state index is 12.2. The van der Waals surface area contributed by atoms with Crippen LogP contribution in [0.15, 0.2) is 24.3 Å². The molecule has 0 bridgehead atoms. The van der Waals surface area contributed by atoms with Gasteiger partial charge in [-0.15, -0.1) is 0 Å². The molecule has 24 heavy (non-hydrogen) atoms. The number of likely N-dealkylation sites (N-methyl/N-ethyl adjacent to an activating group) is 1. The molecular weight excluding hydrogens is 304 g/mol. The number of anilines is 1. The highest BCUT2D eigenvalue weighted by Gasteiger charge is 2.17. The molecule has 1 aromatic carbocycles. The number of carbonyl (C=O) groups excluding carboxylic acids is 2. The Hall–Kier alpha value is -2.04. The molecule has 1 aromatic rings. The van der Waals surface area contributed by atoms with Gasteiger partial charge < -0.3 is 15.0 Å². The first-order valence-corrected chi connectivity index (χ1v) is 8.76. The number of hydrogen-bond donors (Lipinski definition) is 1. The molecule has 2 rings (SSSR count). The highest BCUT2D eigenvalue weighted by Crippen LogP contribution is 2.27. The third-order valence-electron chi connectivity index (χ3n) is 4.67. The maximum absolute atomic E-state index is 12.2. The Labute approximate surface area is 144 Å². The first-order chi connectivity index (χ1) is 11.6. The lowest BCUT2D eigenvalue weighted by atomic mass is 9.86. The van der Waals surface area contributed by atoms with Crippen molar-refractivity contribution in [3.8, 4) is 5.75 Å². The van der Waals surface area contributed by atoms with Crippen LogP contribution < -0.4 is 10.1 Å². The van der Waals surface area contributed by atoms with E-state index < -0.39 is 0 Å². The van der Waals surface area contributed by atoms with Gasteiger partial charge in [0, 0.05) is 19.2 Å². The summed E-state index contributed by atoms with van der Waals surface area (Å²) in [5, 5.41) is 2.80. The van der Waals surface area contributed by atoms with Gasteiger partial charge in [-0.25, -0.2) is 0 Å². The largest absolute Gasteiger partial charge is 0.497 e. The highest BCUT2D eigenvalue weighted by atomic mass is 16.5. The number of hydrogen-bond acceptors (Lipinski definition) is 3. The Kier molecular flexibility index (Phi) is 7.09. The quantitative estimate of drug-likeness (QED) is 0.832. The zero-order chi connectivity index (χ0) is 17.4. The van der Waals surface area contributed by atoms with Crippen molar-refractivity contribution in [2.24, 2.45) is 5.92 Å². The minimum atomic E-state index is -0.186. The minimum Gasteiger partial charge on any atom is -0.497 e. The van der Waals surface area contributed by atoms with Crippen LogP contribution in [0.5, 0.6) is 5.75 Å². The second-order valence-corrected chi connectivity index (χ2v) is 6.57. The topological polar surface area (TPSA) is 58.6 Å². The van der Waals surface area contributed by atoms with Crippen LogP contribution in [0.3, 0.4) is 0 Å². The lowest BCUT2D eigenvalue weighted by molar-refractivity contribution is -0.133. The number of benzene rings is 1. The fourth-order valence-corrected chi connectivity index (χ4v) is 3.17. The van der Waals surface area contributed by atoms with Crippen LogP contribution >= 0.6 is 0 Å². The van der Waals surface area contributed by atoms with Crippen molar-refractivity contribution in [1.29, 1.82) is 0 Å². The Morgan fingerprint density at radius 3 is 2.46 bits per heavy atom. The highest BCUT2D eigenvalue weighted by molar-refractivity contribution is 5.94. The molecule has 2 amide bonds. The number of ether oxygens (including phenoxy) is 1. The monoisotopic (exact) mass is 332 g/mol. The van der Waals surface area contributed by atoms with E-state index in [1.165, 1.54) is 37.0 Å². The zero-order valence-electron chi connectivity index (χ0n) is 14.7. The molecule has 0 saturated heterocycles. The summed E-state index contributed by atoms with van der Waals surface area (Å²) >= 11 is 0. The van der Waals surface area contributed by atoms with Crippen LogP contribution in [0.2, 0.25) is 0 Å². The molecule has 0 aliphatic heterocycles. The molecule has 0 aromatic heterocycles. The molecule has 1 aliphatic rings. The van der Waals surface area contributed by atoms with E-state index in [1.54, 1.807) is 38.4 Å². The Balaban J connectivity index is 1.72. The van der Waals surface area contributed by atoms with Crippen molar-refractivity contribution in [3.63, 3.8) is 0 Å². The van der Waals surface area contributed by atoms with Crippen molar-refractivity contribution in [1.82, 2.24) is 4.90 Å². The second-order valence-electron chi connectivity index (χ2n) is 6.57. The molecule has 1 fully saturated rings. The van der Waals surface area contributed by atoms with Gasteiger partial charge in [-0.1, -0.05) is 32.1 Å². The van der Waals surface area contributed by atoms with Gasteiger partial charge in [-0.05, 0) is 36.6 Å². The van der Waals surface area contributed by atoms with Crippen LogP contribution in [0.1, 0.15) is 44.9 Å². The van der Waals surface area contributed by atoms with Gasteiger partial charge in [0.2, 0.25) is 11.8 Å². The van der Waals surface area contributed by atoms with Crippen molar-refractivity contribution in [3.05, 3.63) is 24.3 Å². The first-order valence-electron chi connectivity index (χ1n) is 8.76. The van der Waals surface area contributed by atoms with Gasteiger partial charge in [0.05, 0.1) is 13.7 Å². The van der Waals surface area contributed by atoms with E-state index in [2.05, 4.69) is 5.32 Å². The molecule has 0 unspecified atom stereocenters. The van der Waals surface area contributed by atoms with E-state index >= 15 is 0 Å². The molecule has 1 aliphatic carbocycles. The summed E-state index contributed by atoms with van der Waals surface area (Å²) in [6, 6.07) is 7.13. The number of nitrogens with zero attached hydrogens (tertiary/aromatic N) is 1. The molecule has 5 nitrogen and oxygen atoms in total. The summed E-state index contributed by atoms with van der Waals surface area (Å²) in [5.74, 6) is 1.28. The molecule has 5 heteroatoms. The van der Waals surface area contributed by atoms with Crippen molar-refractivity contribution >= 4 is 17.5 Å². The molecule has 0 atom stereocenters. The van der Waals surface area contributed by atoms with E-state index in [0.29, 0.717) is 18.0 Å². The molecule has 1 N–H and O–H groups in total. The second kappa shape index (κ2) is 9.30. The van der Waals surface area contributed by atoms with E-state index in [9.17, 15) is 9.59 Å². The van der Waals surface area contributed by atoms with Crippen molar-refractivity contribution < 1.29 is 14.3 Å². The minimum absolute atomic E-state index is 0.0467. The number of amides is 2. The standard InChI is InChI=1S/C19H28N2O3/c1-21(19(23)13-8-15-6-4-3-5-7-15)14-18(22)20-16-9-11-17(24-2)12-10-16/h9-12,15H,3-8,13-14H2,1-2H3,(H,20,22). The lowest BCUT2D eigenvalue weighted by Gasteiger charge is -2.22. The molecule has 0 radical (unpaired) electrons.